The largest absolute Gasteiger partial charge is 0.493 e. The van der Waals surface area contributed by atoms with Crippen LogP contribution in [0.3, 0.4) is 0 Å². The van der Waals surface area contributed by atoms with Gasteiger partial charge in [-0.15, -0.1) is 0 Å². The van der Waals surface area contributed by atoms with Crippen molar-refractivity contribution < 1.29 is 28.2 Å². The minimum atomic E-state index is -0.506. The van der Waals surface area contributed by atoms with Crippen molar-refractivity contribution in [3.05, 3.63) is 58.8 Å². The second kappa shape index (κ2) is 9.11. The summed E-state index contributed by atoms with van der Waals surface area (Å²) in [7, 11) is 2.74. The van der Waals surface area contributed by atoms with Gasteiger partial charge in [0.2, 0.25) is 0 Å². The van der Waals surface area contributed by atoms with Crippen LogP contribution in [0.4, 0.5) is 0 Å². The van der Waals surface area contributed by atoms with E-state index in [1.165, 1.54) is 20.4 Å². The van der Waals surface area contributed by atoms with Gasteiger partial charge in [-0.25, -0.2) is 10.2 Å². The summed E-state index contributed by atoms with van der Waals surface area (Å²) < 4.78 is 20.6. The Kier molecular flexibility index (Phi) is 6.36. The van der Waals surface area contributed by atoms with Gasteiger partial charge in [-0.3, -0.25) is 4.79 Å². The maximum atomic E-state index is 12.2. The molecule has 3 rings (SSSR count). The Morgan fingerprint density at radius 1 is 1.14 bits per heavy atom. The Hall–Kier alpha value is -3.52. The summed E-state index contributed by atoms with van der Waals surface area (Å²) >= 11 is 5.93. The molecule has 0 spiro atoms. The zero-order valence-corrected chi connectivity index (χ0v) is 16.4. The number of amides is 1. The van der Waals surface area contributed by atoms with Gasteiger partial charge in [0.15, 0.2) is 23.9 Å². The number of nitrogens with zero attached hydrogens (tertiary/aromatic N) is 1. The van der Waals surface area contributed by atoms with Crippen molar-refractivity contribution >= 4 is 40.7 Å². The molecule has 1 aromatic heterocycles. The van der Waals surface area contributed by atoms with E-state index in [0.29, 0.717) is 27.7 Å². The molecule has 0 radical (unpaired) electrons. The predicted molar refractivity (Wildman–Crippen MR) is 107 cm³/mol. The number of carbonyl (C=O) groups excluding carboxylic acids is 2. The van der Waals surface area contributed by atoms with Gasteiger partial charge in [0.25, 0.3) is 0 Å². The number of benzene rings is 2. The molecule has 0 bridgehead atoms. The number of fused-ring (bicyclic) bond motifs is 1. The minimum Gasteiger partial charge on any atom is -0.493 e. The van der Waals surface area contributed by atoms with Gasteiger partial charge >= 0.3 is 11.9 Å². The van der Waals surface area contributed by atoms with Gasteiger partial charge < -0.3 is 18.6 Å². The number of hydrogen-bond donors (Lipinski definition) is 1. The summed E-state index contributed by atoms with van der Waals surface area (Å²) in [5, 5.41) is 5.19. The van der Waals surface area contributed by atoms with Gasteiger partial charge in [0.1, 0.15) is 5.58 Å². The van der Waals surface area contributed by atoms with Gasteiger partial charge in [-0.2, -0.15) is 5.10 Å². The van der Waals surface area contributed by atoms with E-state index in [0.717, 1.165) is 5.39 Å². The van der Waals surface area contributed by atoms with Gasteiger partial charge in [-0.1, -0.05) is 11.6 Å². The Morgan fingerprint density at radius 2 is 1.97 bits per heavy atom. The standard InChI is InChI=1S/C20H17ClN2O6/c1-26-17-7-12(3-5-16(17)28-11-19(24)27-2)10-22-23-20(25)18-9-13-8-14(21)4-6-15(13)29-18/h3-10H,11H2,1-2H3,(H,23,25)/b22-10-. The molecule has 0 aliphatic heterocycles. The van der Waals surface area contributed by atoms with Crippen LogP contribution in [0, 0.1) is 0 Å². The van der Waals surface area contributed by atoms with Crippen LogP contribution in [0.2, 0.25) is 5.02 Å². The number of ether oxygens (including phenoxy) is 3. The molecule has 0 aliphatic carbocycles. The second-order valence-corrected chi connectivity index (χ2v) is 6.20. The molecule has 2 aromatic carbocycles. The van der Waals surface area contributed by atoms with Crippen molar-refractivity contribution in [2.24, 2.45) is 5.10 Å². The highest BCUT2D eigenvalue weighted by Crippen LogP contribution is 2.27. The third-order valence-electron chi connectivity index (χ3n) is 3.84. The van der Waals surface area contributed by atoms with Crippen LogP contribution < -0.4 is 14.9 Å². The summed E-state index contributed by atoms with van der Waals surface area (Å²) in [4.78, 5) is 23.4. The van der Waals surface area contributed by atoms with E-state index in [4.69, 9.17) is 25.5 Å². The highest BCUT2D eigenvalue weighted by molar-refractivity contribution is 6.31. The molecular weight excluding hydrogens is 400 g/mol. The number of carbonyl (C=O) groups is 2. The highest BCUT2D eigenvalue weighted by atomic mass is 35.5. The van der Waals surface area contributed by atoms with Crippen molar-refractivity contribution in [2.75, 3.05) is 20.8 Å². The van der Waals surface area contributed by atoms with Crippen LogP contribution in [0.25, 0.3) is 11.0 Å². The Bertz CT molecular complexity index is 1080. The van der Waals surface area contributed by atoms with Crippen LogP contribution in [0.1, 0.15) is 16.1 Å². The third-order valence-corrected chi connectivity index (χ3v) is 4.08. The van der Waals surface area contributed by atoms with E-state index in [9.17, 15) is 9.59 Å². The lowest BCUT2D eigenvalue weighted by molar-refractivity contribution is -0.142. The van der Waals surface area contributed by atoms with E-state index in [2.05, 4.69) is 15.3 Å². The molecular formula is C20H17ClN2O6. The van der Waals surface area contributed by atoms with Crippen LogP contribution in [0.15, 0.2) is 52.0 Å². The molecule has 0 aliphatic rings. The molecule has 3 aromatic rings. The fourth-order valence-electron chi connectivity index (χ4n) is 2.43. The first kappa shape index (κ1) is 20.2. The van der Waals surface area contributed by atoms with Crippen molar-refractivity contribution in [1.29, 1.82) is 0 Å². The number of hydrogen-bond acceptors (Lipinski definition) is 7. The first-order valence-corrected chi connectivity index (χ1v) is 8.78. The quantitative estimate of drug-likeness (QED) is 0.360. The van der Waals surface area contributed by atoms with E-state index < -0.39 is 11.9 Å². The number of nitrogens with one attached hydrogen (secondary N) is 1. The van der Waals surface area contributed by atoms with Crippen LogP contribution in [-0.4, -0.2) is 38.9 Å². The molecule has 1 heterocycles. The number of halogens is 1. The number of methoxy groups -OCH3 is 2. The molecule has 1 amide bonds. The zero-order chi connectivity index (χ0) is 20.8. The van der Waals surface area contributed by atoms with Crippen LogP contribution in [0.5, 0.6) is 11.5 Å². The third kappa shape index (κ3) is 5.05. The Balaban J connectivity index is 1.65. The molecule has 150 valence electrons. The zero-order valence-electron chi connectivity index (χ0n) is 15.6. The molecule has 0 atom stereocenters. The predicted octanol–water partition coefficient (Wildman–Crippen LogP) is 3.41. The van der Waals surface area contributed by atoms with Gasteiger partial charge in [0.05, 0.1) is 20.4 Å². The average molecular weight is 417 g/mol. The van der Waals surface area contributed by atoms with Crippen LogP contribution >= 0.6 is 11.6 Å². The molecule has 1 N–H and O–H groups in total. The van der Waals surface area contributed by atoms with E-state index >= 15 is 0 Å². The normalized spacial score (nSPS) is 10.9. The lowest BCUT2D eigenvalue weighted by atomic mass is 10.2. The summed E-state index contributed by atoms with van der Waals surface area (Å²) in [6, 6.07) is 11.6. The molecule has 0 fully saturated rings. The van der Waals surface area contributed by atoms with Crippen molar-refractivity contribution in [3.8, 4) is 11.5 Å². The monoisotopic (exact) mass is 416 g/mol. The fourth-order valence-corrected chi connectivity index (χ4v) is 2.61. The SMILES string of the molecule is COC(=O)COc1ccc(/C=N\NC(=O)c2cc3cc(Cl)ccc3o2)cc1OC. The maximum absolute atomic E-state index is 12.2. The summed E-state index contributed by atoms with van der Waals surface area (Å²) in [5.41, 5.74) is 3.59. The minimum absolute atomic E-state index is 0.114. The summed E-state index contributed by atoms with van der Waals surface area (Å²) in [5.74, 6) is -0.117. The van der Waals surface area contributed by atoms with Gasteiger partial charge in [-0.05, 0) is 48.0 Å². The van der Waals surface area contributed by atoms with E-state index in [1.807, 2.05) is 0 Å². The molecule has 0 saturated heterocycles. The summed E-state index contributed by atoms with van der Waals surface area (Å²) in [6.45, 7) is -0.237. The molecule has 0 unspecified atom stereocenters. The molecule has 29 heavy (non-hydrogen) atoms. The smallest absolute Gasteiger partial charge is 0.343 e. The first-order chi connectivity index (χ1) is 14.0. The van der Waals surface area contributed by atoms with E-state index in [-0.39, 0.29) is 12.4 Å². The Labute approximate surface area is 171 Å². The first-order valence-electron chi connectivity index (χ1n) is 8.40. The second-order valence-electron chi connectivity index (χ2n) is 5.77. The van der Waals surface area contributed by atoms with Crippen molar-refractivity contribution in [3.63, 3.8) is 0 Å². The van der Waals surface area contributed by atoms with Crippen molar-refractivity contribution in [2.45, 2.75) is 0 Å². The molecule has 8 nitrogen and oxygen atoms in total. The summed E-state index contributed by atoms with van der Waals surface area (Å²) in [6.07, 6.45) is 1.43. The fraction of sp³-hybridized carbons (Fsp3) is 0.150. The topological polar surface area (TPSA) is 99.4 Å². The number of rotatable bonds is 7. The van der Waals surface area contributed by atoms with Crippen molar-refractivity contribution in [1.82, 2.24) is 5.43 Å². The van der Waals surface area contributed by atoms with E-state index in [1.54, 1.807) is 42.5 Å². The lowest BCUT2D eigenvalue weighted by Crippen LogP contribution is -2.16. The number of hydrazone groups is 1. The molecule has 9 heteroatoms. The van der Waals surface area contributed by atoms with Crippen LogP contribution in [-0.2, 0) is 9.53 Å². The highest BCUT2D eigenvalue weighted by Gasteiger charge is 2.12. The average Bonchev–Trinajstić information content (AvgIpc) is 3.15. The maximum Gasteiger partial charge on any atom is 0.343 e. The number of furan rings is 1. The Morgan fingerprint density at radius 3 is 2.72 bits per heavy atom. The number of esters is 1. The van der Waals surface area contributed by atoms with Gasteiger partial charge in [0, 0.05) is 10.4 Å². The lowest BCUT2D eigenvalue weighted by Gasteiger charge is -2.10. The molecule has 0 saturated carbocycles.